The summed E-state index contributed by atoms with van der Waals surface area (Å²) in [5.74, 6) is 0. The van der Waals surface area contributed by atoms with Gasteiger partial charge in [-0.05, 0) is 19.6 Å². The van der Waals surface area contributed by atoms with E-state index in [0.29, 0.717) is 6.61 Å². The lowest BCUT2D eigenvalue weighted by atomic mass is 10.4. The first-order chi connectivity index (χ1) is 5.03. The molecule has 0 aromatic carbocycles. The first kappa shape index (κ1) is 8.90. The molecule has 0 aliphatic carbocycles. The van der Waals surface area contributed by atoms with Crippen molar-refractivity contribution in [2.45, 2.75) is 31.8 Å². The Morgan fingerprint density at radius 3 is 2.55 bits per heavy atom. The molecule has 0 unspecified atom stereocenters. The van der Waals surface area contributed by atoms with E-state index in [1.807, 2.05) is 0 Å². The van der Waals surface area contributed by atoms with Crippen molar-refractivity contribution in [2.24, 2.45) is 0 Å². The van der Waals surface area contributed by atoms with Crippen LogP contribution in [0.2, 0.25) is 19.6 Å². The van der Waals surface area contributed by atoms with Gasteiger partial charge in [0.25, 0.3) is 0 Å². The second-order valence-corrected chi connectivity index (χ2v) is 8.21. The van der Waals surface area contributed by atoms with Crippen molar-refractivity contribution in [3.05, 3.63) is 0 Å². The van der Waals surface area contributed by atoms with E-state index in [4.69, 9.17) is 9.16 Å². The topological polar surface area (TPSA) is 38.8 Å². The average Bonchev–Trinajstić information content (AvgIpc) is 2.60. The number of ether oxygens (including phenoxy) is 1. The van der Waals surface area contributed by atoms with Gasteiger partial charge in [-0.25, -0.2) is 0 Å². The summed E-state index contributed by atoms with van der Waals surface area (Å²) in [6.45, 7) is 6.93. The van der Waals surface area contributed by atoms with E-state index in [9.17, 15) is 4.79 Å². The van der Waals surface area contributed by atoms with Gasteiger partial charge in [0.1, 0.15) is 12.2 Å². The highest BCUT2D eigenvalue weighted by Gasteiger charge is 2.39. The zero-order chi connectivity index (χ0) is 8.48. The minimum Gasteiger partial charge on any atom is -0.415 e. The third-order valence-corrected chi connectivity index (χ3v) is 2.47. The molecule has 0 radical (unpaired) electrons. The Kier molecular flexibility index (Phi) is 2.46. The second kappa shape index (κ2) is 3.04. The number of carbonyl (C=O) groups excluding carboxylic acids is 1. The van der Waals surface area contributed by atoms with Crippen LogP contribution in [-0.4, -0.2) is 33.4 Å². The van der Waals surface area contributed by atoms with Gasteiger partial charge in [-0.1, -0.05) is 0 Å². The summed E-state index contributed by atoms with van der Waals surface area (Å²) in [5, 5.41) is 0. The summed E-state index contributed by atoms with van der Waals surface area (Å²) in [6, 6.07) is 0. The minimum atomic E-state index is -1.42. The normalized spacial score (nSPS) is 30.1. The SMILES string of the molecule is C[Si](C)(C)OC[C@H]1O[C@@H]1C=O. The molecule has 0 saturated carbocycles. The van der Waals surface area contributed by atoms with Gasteiger partial charge >= 0.3 is 0 Å². The van der Waals surface area contributed by atoms with Crippen molar-refractivity contribution in [3.8, 4) is 0 Å². The molecular weight excluding hydrogens is 160 g/mol. The molecule has 3 nitrogen and oxygen atoms in total. The largest absolute Gasteiger partial charge is 0.415 e. The van der Waals surface area contributed by atoms with Gasteiger partial charge in [-0.15, -0.1) is 0 Å². The maximum atomic E-state index is 10.1. The Morgan fingerprint density at radius 2 is 2.18 bits per heavy atom. The van der Waals surface area contributed by atoms with Crippen LogP contribution in [0.1, 0.15) is 0 Å². The first-order valence-corrected chi connectivity index (χ1v) is 7.18. The van der Waals surface area contributed by atoms with Crippen LogP contribution in [0.25, 0.3) is 0 Å². The van der Waals surface area contributed by atoms with Gasteiger partial charge in [0.2, 0.25) is 0 Å². The van der Waals surface area contributed by atoms with E-state index in [0.717, 1.165) is 6.29 Å². The first-order valence-electron chi connectivity index (χ1n) is 3.77. The highest BCUT2D eigenvalue weighted by molar-refractivity contribution is 6.69. The lowest BCUT2D eigenvalue weighted by Crippen LogP contribution is -2.27. The van der Waals surface area contributed by atoms with Gasteiger partial charge < -0.3 is 14.0 Å². The number of carbonyl (C=O) groups is 1. The summed E-state index contributed by atoms with van der Waals surface area (Å²) in [4.78, 5) is 10.1. The van der Waals surface area contributed by atoms with Crippen molar-refractivity contribution in [1.82, 2.24) is 0 Å². The van der Waals surface area contributed by atoms with Crippen LogP contribution < -0.4 is 0 Å². The molecule has 1 rings (SSSR count). The molecule has 0 N–H and O–H groups in total. The maximum Gasteiger partial charge on any atom is 0.183 e. The monoisotopic (exact) mass is 174 g/mol. The van der Waals surface area contributed by atoms with E-state index in [1.165, 1.54) is 0 Å². The number of aldehydes is 1. The van der Waals surface area contributed by atoms with Gasteiger partial charge in [-0.3, -0.25) is 0 Å². The molecular formula is C7H14O3Si. The second-order valence-electron chi connectivity index (χ2n) is 3.70. The smallest absolute Gasteiger partial charge is 0.183 e. The maximum absolute atomic E-state index is 10.1. The zero-order valence-electron chi connectivity index (χ0n) is 7.16. The van der Waals surface area contributed by atoms with Crippen molar-refractivity contribution in [2.75, 3.05) is 6.61 Å². The highest BCUT2D eigenvalue weighted by Crippen LogP contribution is 2.21. The Bertz CT molecular complexity index is 152. The van der Waals surface area contributed by atoms with E-state index in [-0.39, 0.29) is 12.2 Å². The molecule has 1 saturated heterocycles. The number of hydrogen-bond acceptors (Lipinski definition) is 3. The van der Waals surface area contributed by atoms with Crippen LogP contribution >= 0.6 is 0 Å². The lowest BCUT2D eigenvalue weighted by Gasteiger charge is -2.15. The van der Waals surface area contributed by atoms with Crippen LogP contribution in [0.3, 0.4) is 0 Å². The van der Waals surface area contributed by atoms with Crippen LogP contribution in [0.5, 0.6) is 0 Å². The molecule has 64 valence electrons. The van der Waals surface area contributed by atoms with Crippen LogP contribution in [0, 0.1) is 0 Å². The van der Waals surface area contributed by atoms with Crippen LogP contribution in [-0.2, 0) is 14.0 Å². The summed E-state index contributed by atoms with van der Waals surface area (Å²) >= 11 is 0. The molecule has 0 aromatic rings. The van der Waals surface area contributed by atoms with Crippen LogP contribution in [0.15, 0.2) is 0 Å². The van der Waals surface area contributed by atoms with Gasteiger partial charge in [0.05, 0.1) is 6.61 Å². The Hall–Kier alpha value is -0.193. The molecule has 11 heavy (non-hydrogen) atoms. The van der Waals surface area contributed by atoms with E-state index in [2.05, 4.69) is 19.6 Å². The van der Waals surface area contributed by atoms with E-state index < -0.39 is 8.32 Å². The molecule has 0 spiro atoms. The Labute approximate surface area is 67.8 Å². The number of hydrogen-bond donors (Lipinski definition) is 0. The minimum absolute atomic E-state index is 0.0409. The summed E-state index contributed by atoms with van der Waals surface area (Å²) in [7, 11) is -1.42. The Balaban J connectivity index is 2.11. The fraction of sp³-hybridized carbons (Fsp3) is 0.857. The van der Waals surface area contributed by atoms with Crippen molar-refractivity contribution in [3.63, 3.8) is 0 Å². The Morgan fingerprint density at radius 1 is 1.55 bits per heavy atom. The molecule has 1 heterocycles. The number of epoxide rings is 1. The fourth-order valence-electron chi connectivity index (χ4n) is 0.742. The summed E-state index contributed by atoms with van der Waals surface area (Å²) in [5.41, 5.74) is 0. The average molecular weight is 174 g/mol. The molecule has 2 atom stereocenters. The zero-order valence-corrected chi connectivity index (χ0v) is 8.16. The van der Waals surface area contributed by atoms with Gasteiger partial charge in [0.15, 0.2) is 14.6 Å². The van der Waals surface area contributed by atoms with Crippen molar-refractivity contribution >= 4 is 14.6 Å². The number of rotatable bonds is 4. The third kappa shape index (κ3) is 3.14. The van der Waals surface area contributed by atoms with E-state index in [1.54, 1.807) is 0 Å². The predicted molar refractivity (Wildman–Crippen MR) is 44.0 cm³/mol. The quantitative estimate of drug-likeness (QED) is 0.359. The van der Waals surface area contributed by atoms with Crippen molar-refractivity contribution < 1.29 is 14.0 Å². The fourth-order valence-corrected chi connectivity index (χ4v) is 1.41. The summed E-state index contributed by atoms with van der Waals surface area (Å²) < 4.78 is 10.5. The molecule has 1 aliphatic rings. The third-order valence-electron chi connectivity index (χ3n) is 1.44. The van der Waals surface area contributed by atoms with Gasteiger partial charge in [-0.2, -0.15) is 0 Å². The van der Waals surface area contributed by atoms with Gasteiger partial charge in [0, 0.05) is 0 Å². The predicted octanol–water partition coefficient (Wildman–Crippen LogP) is 0.804. The molecule has 1 fully saturated rings. The molecule has 0 bridgehead atoms. The molecule has 0 aromatic heterocycles. The van der Waals surface area contributed by atoms with Crippen molar-refractivity contribution in [1.29, 1.82) is 0 Å². The standard InChI is InChI=1S/C7H14O3Si/c1-11(2,3)9-5-7-6(4-8)10-7/h4,6-7H,5H2,1-3H3/t6-,7-/m1/s1. The van der Waals surface area contributed by atoms with Crippen LogP contribution in [0.4, 0.5) is 0 Å². The lowest BCUT2D eigenvalue weighted by molar-refractivity contribution is -0.108. The van der Waals surface area contributed by atoms with E-state index >= 15 is 0 Å². The molecule has 1 aliphatic heterocycles. The molecule has 4 heteroatoms. The summed E-state index contributed by atoms with van der Waals surface area (Å²) in [6.07, 6.45) is 0.684. The molecule has 0 amide bonds. The highest BCUT2D eigenvalue weighted by atomic mass is 28.4.